The third-order valence-electron chi connectivity index (χ3n) is 6.22. The average Bonchev–Trinajstić information content (AvgIpc) is 2.81. The van der Waals surface area contributed by atoms with E-state index in [9.17, 15) is 28.5 Å². The number of halogens is 3. The summed E-state index contributed by atoms with van der Waals surface area (Å²) in [5.41, 5.74) is 0.403. The predicted molar refractivity (Wildman–Crippen MR) is 120 cm³/mol. The van der Waals surface area contributed by atoms with Crippen molar-refractivity contribution in [1.82, 2.24) is 14.5 Å². The van der Waals surface area contributed by atoms with Gasteiger partial charge in [-0.25, -0.2) is 4.98 Å². The van der Waals surface area contributed by atoms with Gasteiger partial charge in [0.05, 0.1) is 16.8 Å². The highest BCUT2D eigenvalue weighted by Crippen LogP contribution is 2.34. The fraction of sp³-hybridized carbons (Fsp3) is 0.333. The van der Waals surface area contributed by atoms with E-state index in [4.69, 9.17) is 0 Å². The Balaban J connectivity index is 1.69. The Bertz CT molecular complexity index is 1400. The molecule has 10 heteroatoms. The van der Waals surface area contributed by atoms with Gasteiger partial charge in [0.2, 0.25) is 0 Å². The van der Waals surface area contributed by atoms with Crippen LogP contribution in [0.1, 0.15) is 29.3 Å². The highest BCUT2D eigenvalue weighted by atomic mass is 19.4. The Kier molecular flexibility index (Phi) is 6.03. The van der Waals surface area contributed by atoms with Gasteiger partial charge in [-0.1, -0.05) is 18.2 Å². The minimum absolute atomic E-state index is 0.0688. The number of anilines is 1. The van der Waals surface area contributed by atoms with Crippen LogP contribution in [-0.2, 0) is 19.8 Å². The molecule has 1 saturated heterocycles. The minimum Gasteiger partial charge on any atom is -0.366 e. The summed E-state index contributed by atoms with van der Waals surface area (Å²) in [6.45, 7) is 3.21. The zero-order valence-electron chi connectivity index (χ0n) is 18.6. The van der Waals surface area contributed by atoms with Crippen LogP contribution in [0.2, 0.25) is 0 Å². The quantitative estimate of drug-likeness (QED) is 0.588. The third kappa shape index (κ3) is 4.09. The number of aromatic nitrogens is 2. The molecule has 0 spiro atoms. The van der Waals surface area contributed by atoms with E-state index in [0.29, 0.717) is 36.4 Å². The molecule has 2 aromatic heterocycles. The Morgan fingerprint density at radius 2 is 1.85 bits per heavy atom. The zero-order valence-corrected chi connectivity index (χ0v) is 18.6. The monoisotopic (exact) mass is 466 g/mol. The van der Waals surface area contributed by atoms with Crippen LogP contribution in [0.15, 0.2) is 41.2 Å². The van der Waals surface area contributed by atoms with Crippen LogP contribution in [0, 0.1) is 22.7 Å². The van der Waals surface area contributed by atoms with Crippen molar-refractivity contribution in [2.24, 2.45) is 7.05 Å². The van der Waals surface area contributed by atoms with Crippen LogP contribution in [0.5, 0.6) is 0 Å². The van der Waals surface area contributed by atoms with Crippen LogP contribution >= 0.6 is 0 Å². The van der Waals surface area contributed by atoms with Crippen LogP contribution < -0.4 is 10.5 Å². The highest BCUT2D eigenvalue weighted by molar-refractivity contribution is 5.92. The lowest BCUT2D eigenvalue weighted by Crippen LogP contribution is -2.52. The average molecular weight is 466 g/mol. The fourth-order valence-electron chi connectivity index (χ4n) is 4.45. The normalized spacial score (nSPS) is 16.9. The Labute approximate surface area is 193 Å². The lowest BCUT2D eigenvalue weighted by atomic mass is 10.0. The predicted octanol–water partition coefficient (Wildman–Crippen LogP) is 3.41. The SMILES string of the molecule is C[C@@H]1CN(c2c(C#N)c(=O)n(C)c3ccc(C#N)nc23)CCN1Cc1ccccc1C(F)(F)F. The van der Waals surface area contributed by atoms with Gasteiger partial charge in [-0.15, -0.1) is 0 Å². The summed E-state index contributed by atoms with van der Waals surface area (Å²) in [7, 11) is 1.54. The molecule has 0 aliphatic carbocycles. The van der Waals surface area contributed by atoms with Crippen LogP contribution in [0.4, 0.5) is 18.9 Å². The van der Waals surface area contributed by atoms with Gasteiger partial charge in [0, 0.05) is 39.3 Å². The van der Waals surface area contributed by atoms with E-state index in [0.717, 1.165) is 6.07 Å². The number of hydrogen-bond acceptors (Lipinski definition) is 6. The molecule has 1 aliphatic heterocycles. The largest absolute Gasteiger partial charge is 0.416 e. The van der Waals surface area contributed by atoms with E-state index >= 15 is 0 Å². The van der Waals surface area contributed by atoms with Gasteiger partial charge in [0.25, 0.3) is 5.56 Å². The van der Waals surface area contributed by atoms with E-state index in [2.05, 4.69) is 4.98 Å². The number of fused-ring (bicyclic) bond motifs is 1. The molecule has 0 unspecified atom stereocenters. The van der Waals surface area contributed by atoms with Crippen LogP contribution in [0.3, 0.4) is 0 Å². The summed E-state index contributed by atoms with van der Waals surface area (Å²) < 4.78 is 41.6. The summed E-state index contributed by atoms with van der Waals surface area (Å²) in [4.78, 5) is 21.0. The maximum Gasteiger partial charge on any atom is 0.416 e. The molecule has 3 aromatic rings. The van der Waals surface area contributed by atoms with Gasteiger partial charge >= 0.3 is 6.18 Å². The summed E-state index contributed by atoms with van der Waals surface area (Å²) in [6.07, 6.45) is -4.43. The molecule has 1 aliphatic rings. The van der Waals surface area contributed by atoms with E-state index in [-0.39, 0.29) is 29.4 Å². The highest BCUT2D eigenvalue weighted by Gasteiger charge is 2.35. The van der Waals surface area contributed by atoms with Crippen LogP contribution in [-0.4, -0.2) is 40.1 Å². The van der Waals surface area contributed by atoms with Crippen molar-refractivity contribution in [2.75, 3.05) is 24.5 Å². The lowest BCUT2D eigenvalue weighted by Gasteiger charge is -2.41. The first-order valence-electron chi connectivity index (χ1n) is 10.6. The first kappa shape index (κ1) is 23.3. The molecular formula is C24H21F3N6O. The third-order valence-corrected chi connectivity index (χ3v) is 6.22. The first-order chi connectivity index (χ1) is 16.2. The number of aryl methyl sites for hydroxylation is 1. The molecule has 34 heavy (non-hydrogen) atoms. The topological polar surface area (TPSA) is 88.9 Å². The number of nitriles is 2. The molecule has 0 saturated carbocycles. The molecule has 0 N–H and O–H groups in total. The summed E-state index contributed by atoms with van der Waals surface area (Å²) in [5.74, 6) is 0. The van der Waals surface area contributed by atoms with Crippen LogP contribution in [0.25, 0.3) is 11.0 Å². The Morgan fingerprint density at radius 1 is 1.12 bits per heavy atom. The summed E-state index contributed by atoms with van der Waals surface area (Å²) in [6, 6.07) is 12.5. The van der Waals surface area contributed by atoms with Crippen molar-refractivity contribution >= 4 is 16.7 Å². The number of alkyl halides is 3. The standard InChI is InChI=1S/C24H21F3N6O/c1-15-13-33(10-9-32(15)14-16-5-3-4-6-19(16)24(25,26)27)22-18(12-29)23(34)31(2)20-8-7-17(11-28)30-21(20)22/h3-8,15H,9-10,13-14H2,1-2H3/t15-/m1/s1. The van der Waals surface area contributed by atoms with Crippen molar-refractivity contribution in [2.45, 2.75) is 25.7 Å². The second kappa shape index (κ2) is 8.81. The van der Waals surface area contributed by atoms with Gasteiger partial charge in [0.15, 0.2) is 0 Å². The molecule has 7 nitrogen and oxygen atoms in total. The molecule has 1 atom stereocenters. The van der Waals surface area contributed by atoms with E-state index in [1.54, 1.807) is 19.2 Å². The maximum atomic E-state index is 13.4. The van der Waals surface area contributed by atoms with Gasteiger partial charge in [-0.3, -0.25) is 9.69 Å². The Hall–Kier alpha value is -3.89. The smallest absolute Gasteiger partial charge is 0.366 e. The van der Waals surface area contributed by atoms with E-state index in [1.165, 1.54) is 22.8 Å². The lowest BCUT2D eigenvalue weighted by molar-refractivity contribution is -0.138. The molecular weight excluding hydrogens is 445 g/mol. The molecule has 1 aromatic carbocycles. The minimum atomic E-state index is -4.43. The van der Waals surface area contributed by atoms with Crippen molar-refractivity contribution in [3.63, 3.8) is 0 Å². The van der Waals surface area contributed by atoms with Gasteiger partial charge in [-0.2, -0.15) is 23.7 Å². The zero-order chi connectivity index (χ0) is 24.6. The molecule has 0 amide bonds. The number of piperazine rings is 1. The van der Waals surface area contributed by atoms with Crippen molar-refractivity contribution in [3.8, 4) is 12.1 Å². The van der Waals surface area contributed by atoms with Gasteiger partial charge in [-0.05, 0) is 30.7 Å². The number of pyridine rings is 2. The number of benzene rings is 1. The second-order valence-corrected chi connectivity index (χ2v) is 8.30. The molecule has 0 radical (unpaired) electrons. The number of rotatable bonds is 3. The molecule has 174 valence electrons. The molecule has 3 heterocycles. The van der Waals surface area contributed by atoms with Crippen molar-refractivity contribution < 1.29 is 13.2 Å². The van der Waals surface area contributed by atoms with Gasteiger partial charge < -0.3 is 9.47 Å². The number of nitrogens with zero attached hydrogens (tertiary/aromatic N) is 6. The molecule has 1 fully saturated rings. The Morgan fingerprint density at radius 3 is 2.50 bits per heavy atom. The van der Waals surface area contributed by atoms with Crippen molar-refractivity contribution in [3.05, 3.63) is 69.1 Å². The van der Waals surface area contributed by atoms with Crippen molar-refractivity contribution in [1.29, 1.82) is 10.5 Å². The molecule has 4 rings (SSSR count). The maximum absolute atomic E-state index is 13.4. The summed E-state index contributed by atoms with van der Waals surface area (Å²) >= 11 is 0. The second-order valence-electron chi connectivity index (χ2n) is 8.30. The van der Waals surface area contributed by atoms with E-state index in [1.807, 2.05) is 28.9 Å². The van der Waals surface area contributed by atoms with Gasteiger partial charge in [0.1, 0.15) is 28.9 Å². The first-order valence-corrected chi connectivity index (χ1v) is 10.6. The molecule has 0 bridgehead atoms. The summed E-state index contributed by atoms with van der Waals surface area (Å²) in [5, 5.41) is 19.1. The fourth-order valence-corrected chi connectivity index (χ4v) is 4.45. The van der Waals surface area contributed by atoms with E-state index < -0.39 is 17.3 Å². The number of hydrogen-bond donors (Lipinski definition) is 0.